The van der Waals surface area contributed by atoms with Crippen LogP contribution in [-0.4, -0.2) is 0 Å². The van der Waals surface area contributed by atoms with Crippen molar-refractivity contribution in [3.8, 4) is 0 Å². The monoisotopic (exact) mass is 243 g/mol. The number of nitrogens with one attached hydrogen (secondary N) is 1. The van der Waals surface area contributed by atoms with Gasteiger partial charge in [-0.1, -0.05) is 41.9 Å². The van der Waals surface area contributed by atoms with Crippen molar-refractivity contribution in [2.45, 2.75) is 19.4 Å². The molecule has 2 aromatic carbocycles. The predicted octanol–water partition coefficient (Wildman–Crippen LogP) is 4.36. The standard InChI is InChI=1S/C15H14ClN/c1-10-6-7-12(8-13(10)16)15-9-11-4-2-3-5-14(11)17-15/h2-8,15,17H,9H2,1H3. The summed E-state index contributed by atoms with van der Waals surface area (Å²) in [6.45, 7) is 2.03. The molecule has 0 saturated heterocycles. The van der Waals surface area contributed by atoms with E-state index in [4.69, 9.17) is 11.6 Å². The van der Waals surface area contributed by atoms with Gasteiger partial charge in [-0.3, -0.25) is 0 Å². The third-order valence-corrected chi connectivity index (χ3v) is 3.78. The van der Waals surface area contributed by atoms with Crippen molar-refractivity contribution in [3.63, 3.8) is 0 Å². The SMILES string of the molecule is Cc1ccc(C2Cc3ccccc3N2)cc1Cl. The number of fused-ring (bicyclic) bond motifs is 1. The maximum atomic E-state index is 6.18. The van der Waals surface area contributed by atoms with Crippen LogP contribution in [0.5, 0.6) is 0 Å². The smallest absolute Gasteiger partial charge is 0.0555 e. The number of hydrogen-bond donors (Lipinski definition) is 1. The van der Waals surface area contributed by atoms with Crippen molar-refractivity contribution in [1.29, 1.82) is 0 Å². The zero-order valence-corrected chi connectivity index (χ0v) is 10.5. The highest BCUT2D eigenvalue weighted by atomic mass is 35.5. The summed E-state index contributed by atoms with van der Waals surface area (Å²) in [4.78, 5) is 0. The van der Waals surface area contributed by atoms with Gasteiger partial charge in [-0.2, -0.15) is 0 Å². The minimum Gasteiger partial charge on any atom is -0.378 e. The lowest BCUT2D eigenvalue weighted by molar-refractivity contribution is 0.824. The zero-order valence-electron chi connectivity index (χ0n) is 9.70. The lowest BCUT2D eigenvalue weighted by Crippen LogP contribution is -2.05. The number of hydrogen-bond acceptors (Lipinski definition) is 1. The van der Waals surface area contributed by atoms with Crippen LogP contribution in [0.4, 0.5) is 5.69 Å². The third kappa shape index (κ3) is 1.91. The van der Waals surface area contributed by atoms with Gasteiger partial charge in [0.2, 0.25) is 0 Å². The zero-order chi connectivity index (χ0) is 11.8. The summed E-state index contributed by atoms with van der Waals surface area (Å²) in [5.41, 5.74) is 5.02. The first-order chi connectivity index (χ1) is 8.24. The van der Waals surface area contributed by atoms with E-state index in [0.717, 1.165) is 17.0 Å². The van der Waals surface area contributed by atoms with Crippen molar-refractivity contribution in [3.05, 3.63) is 64.2 Å². The number of halogens is 1. The molecule has 17 heavy (non-hydrogen) atoms. The van der Waals surface area contributed by atoms with Crippen LogP contribution >= 0.6 is 11.6 Å². The Balaban J connectivity index is 1.91. The summed E-state index contributed by atoms with van der Waals surface area (Å²) in [7, 11) is 0. The average Bonchev–Trinajstić information content (AvgIpc) is 2.76. The Kier molecular flexibility index (Phi) is 2.56. The van der Waals surface area contributed by atoms with Crippen LogP contribution < -0.4 is 5.32 Å². The van der Waals surface area contributed by atoms with Gasteiger partial charge < -0.3 is 5.32 Å². The molecule has 3 rings (SSSR count). The highest BCUT2D eigenvalue weighted by Crippen LogP contribution is 2.34. The van der Waals surface area contributed by atoms with Gasteiger partial charge >= 0.3 is 0 Å². The summed E-state index contributed by atoms with van der Waals surface area (Å²) in [6, 6.07) is 15.1. The van der Waals surface area contributed by atoms with Crippen molar-refractivity contribution in [2.75, 3.05) is 5.32 Å². The van der Waals surface area contributed by atoms with Crippen molar-refractivity contribution in [2.24, 2.45) is 0 Å². The van der Waals surface area contributed by atoms with Crippen LogP contribution in [-0.2, 0) is 6.42 Å². The highest BCUT2D eigenvalue weighted by Gasteiger charge is 2.21. The largest absolute Gasteiger partial charge is 0.378 e. The molecule has 0 fully saturated rings. The van der Waals surface area contributed by atoms with Crippen LogP contribution in [0.15, 0.2) is 42.5 Å². The molecular weight excluding hydrogens is 230 g/mol. The molecule has 0 radical (unpaired) electrons. The van der Waals surface area contributed by atoms with Gasteiger partial charge in [-0.25, -0.2) is 0 Å². The van der Waals surface area contributed by atoms with E-state index in [9.17, 15) is 0 Å². The van der Waals surface area contributed by atoms with Crippen LogP contribution in [0.2, 0.25) is 5.02 Å². The quantitative estimate of drug-likeness (QED) is 0.785. The summed E-state index contributed by atoms with van der Waals surface area (Å²) < 4.78 is 0. The first-order valence-electron chi connectivity index (χ1n) is 5.84. The molecule has 0 bridgehead atoms. The second-order valence-corrected chi connectivity index (χ2v) is 4.97. The van der Waals surface area contributed by atoms with Crippen molar-refractivity contribution >= 4 is 17.3 Å². The first kappa shape index (κ1) is 10.7. The third-order valence-electron chi connectivity index (χ3n) is 3.37. The van der Waals surface area contributed by atoms with E-state index in [1.165, 1.54) is 16.8 Å². The van der Waals surface area contributed by atoms with Gasteiger partial charge in [0.05, 0.1) is 6.04 Å². The fourth-order valence-electron chi connectivity index (χ4n) is 2.32. The van der Waals surface area contributed by atoms with E-state index in [2.05, 4.69) is 47.8 Å². The van der Waals surface area contributed by atoms with Crippen molar-refractivity contribution in [1.82, 2.24) is 0 Å². The molecule has 1 unspecified atom stereocenters. The van der Waals surface area contributed by atoms with E-state index >= 15 is 0 Å². The van der Waals surface area contributed by atoms with Gasteiger partial charge in [0, 0.05) is 10.7 Å². The van der Waals surface area contributed by atoms with Gasteiger partial charge in [0.1, 0.15) is 0 Å². The van der Waals surface area contributed by atoms with Gasteiger partial charge in [0.15, 0.2) is 0 Å². The molecular formula is C15H14ClN. The second-order valence-electron chi connectivity index (χ2n) is 4.57. The van der Waals surface area contributed by atoms with Gasteiger partial charge in [0.25, 0.3) is 0 Å². The maximum absolute atomic E-state index is 6.18. The summed E-state index contributed by atoms with van der Waals surface area (Å²) in [5.74, 6) is 0. The number of aryl methyl sites for hydroxylation is 1. The second kappa shape index (κ2) is 4.08. The summed E-state index contributed by atoms with van der Waals surface area (Å²) in [6.07, 6.45) is 1.04. The molecule has 1 aliphatic heterocycles. The summed E-state index contributed by atoms with van der Waals surface area (Å²) in [5, 5.41) is 4.39. The lowest BCUT2D eigenvalue weighted by atomic mass is 10.0. The number of anilines is 1. The molecule has 2 aromatic rings. The molecule has 0 aromatic heterocycles. The van der Waals surface area contributed by atoms with E-state index in [1.54, 1.807) is 0 Å². The van der Waals surface area contributed by atoms with Crippen LogP contribution in [0, 0.1) is 6.92 Å². The first-order valence-corrected chi connectivity index (χ1v) is 6.22. The molecule has 1 nitrogen and oxygen atoms in total. The molecule has 2 heteroatoms. The normalized spacial score (nSPS) is 17.6. The number of benzene rings is 2. The Hall–Kier alpha value is -1.47. The molecule has 1 aliphatic rings. The van der Waals surface area contributed by atoms with Gasteiger partial charge in [-0.05, 0) is 42.2 Å². The van der Waals surface area contributed by atoms with E-state index in [-0.39, 0.29) is 0 Å². The fourth-order valence-corrected chi connectivity index (χ4v) is 2.51. The summed E-state index contributed by atoms with van der Waals surface area (Å²) >= 11 is 6.18. The Morgan fingerprint density at radius 3 is 2.76 bits per heavy atom. The van der Waals surface area contributed by atoms with Crippen molar-refractivity contribution < 1.29 is 0 Å². The Morgan fingerprint density at radius 1 is 1.18 bits per heavy atom. The Morgan fingerprint density at radius 2 is 2.00 bits per heavy atom. The van der Waals surface area contributed by atoms with E-state index < -0.39 is 0 Å². The molecule has 1 heterocycles. The van der Waals surface area contributed by atoms with Gasteiger partial charge in [-0.15, -0.1) is 0 Å². The minimum atomic E-state index is 0.352. The Bertz CT molecular complexity index is 538. The van der Waals surface area contributed by atoms with E-state index in [0.29, 0.717) is 6.04 Å². The predicted molar refractivity (Wildman–Crippen MR) is 72.7 cm³/mol. The number of rotatable bonds is 1. The topological polar surface area (TPSA) is 12.0 Å². The minimum absolute atomic E-state index is 0.352. The van der Waals surface area contributed by atoms with Crippen LogP contribution in [0.3, 0.4) is 0 Å². The molecule has 1 atom stereocenters. The Labute approximate surface area is 106 Å². The fraction of sp³-hybridized carbons (Fsp3) is 0.200. The maximum Gasteiger partial charge on any atom is 0.0555 e. The molecule has 0 saturated carbocycles. The molecule has 1 N–H and O–H groups in total. The van der Waals surface area contributed by atoms with Crippen LogP contribution in [0.25, 0.3) is 0 Å². The molecule has 0 aliphatic carbocycles. The van der Waals surface area contributed by atoms with E-state index in [1.807, 2.05) is 6.92 Å². The van der Waals surface area contributed by atoms with Crippen LogP contribution in [0.1, 0.15) is 22.7 Å². The number of para-hydroxylation sites is 1. The highest BCUT2D eigenvalue weighted by molar-refractivity contribution is 6.31. The lowest BCUT2D eigenvalue weighted by Gasteiger charge is -2.12. The molecule has 0 amide bonds. The molecule has 86 valence electrons. The molecule has 0 spiro atoms. The average molecular weight is 244 g/mol.